The van der Waals surface area contributed by atoms with E-state index < -0.39 is 0 Å². The van der Waals surface area contributed by atoms with Gasteiger partial charge < -0.3 is 47.9 Å². The summed E-state index contributed by atoms with van der Waals surface area (Å²) in [6, 6.07) is 0. The molecule has 0 aromatic rings. The molecule has 0 saturated heterocycles. The smallest absolute Gasteiger partial charge is 0.216 e. The first-order valence-corrected chi connectivity index (χ1v) is 12.6. The van der Waals surface area contributed by atoms with E-state index in [-0.39, 0.29) is 12.0 Å². The van der Waals surface area contributed by atoms with E-state index in [4.69, 9.17) is 42.6 Å². The minimum atomic E-state index is -0.0573. The van der Waals surface area contributed by atoms with Crippen LogP contribution in [0.5, 0.6) is 0 Å². The van der Waals surface area contributed by atoms with Crippen LogP contribution in [0, 0.1) is 0 Å². The number of amides is 1. The zero-order valence-corrected chi connectivity index (χ0v) is 22.1. The van der Waals surface area contributed by atoms with Crippen LogP contribution in [0.15, 0.2) is 0 Å². The Bertz CT molecular complexity index is 431. The third-order valence-corrected chi connectivity index (χ3v) is 4.43. The molecule has 1 N–H and O–H groups in total. The van der Waals surface area contributed by atoms with Crippen molar-refractivity contribution >= 4 is 5.91 Å². The topological polar surface area (TPSA) is 112 Å². The highest BCUT2D eigenvalue weighted by atomic mass is 16.6. The van der Waals surface area contributed by atoms with E-state index in [1.165, 1.54) is 6.92 Å². The van der Waals surface area contributed by atoms with Gasteiger partial charge >= 0.3 is 0 Å². The normalized spacial score (nSPS) is 12.2. The van der Waals surface area contributed by atoms with Gasteiger partial charge in [0, 0.05) is 13.5 Å². The molecule has 11 heteroatoms. The Hall–Kier alpha value is -0.890. The first-order chi connectivity index (χ1) is 17.2. The maximum Gasteiger partial charge on any atom is 0.216 e. The van der Waals surface area contributed by atoms with Crippen molar-refractivity contribution < 1.29 is 47.4 Å². The molecular weight excluding hydrogens is 462 g/mol. The molecular formula is C24H49NO10. The van der Waals surface area contributed by atoms with Gasteiger partial charge in [-0.05, 0) is 13.3 Å². The Labute approximate surface area is 211 Å². The average Bonchev–Trinajstić information content (AvgIpc) is 2.85. The fraction of sp³-hybridized carbons (Fsp3) is 0.958. The van der Waals surface area contributed by atoms with Crippen molar-refractivity contribution in [1.82, 2.24) is 5.32 Å². The van der Waals surface area contributed by atoms with Crippen molar-refractivity contribution in [3.63, 3.8) is 0 Å². The van der Waals surface area contributed by atoms with Crippen LogP contribution in [0.4, 0.5) is 0 Å². The van der Waals surface area contributed by atoms with Crippen LogP contribution in [0.2, 0.25) is 0 Å². The van der Waals surface area contributed by atoms with E-state index in [1.807, 2.05) is 0 Å². The van der Waals surface area contributed by atoms with Gasteiger partial charge in [0.25, 0.3) is 0 Å². The Morgan fingerprint density at radius 2 is 0.829 bits per heavy atom. The van der Waals surface area contributed by atoms with Gasteiger partial charge in [-0.25, -0.2) is 0 Å². The van der Waals surface area contributed by atoms with Gasteiger partial charge in [-0.2, -0.15) is 0 Å². The summed E-state index contributed by atoms with van der Waals surface area (Å²) in [5, 5.41) is 2.66. The summed E-state index contributed by atoms with van der Waals surface area (Å²) in [5.41, 5.74) is 0. The van der Waals surface area contributed by atoms with Gasteiger partial charge in [0.2, 0.25) is 5.91 Å². The standard InChI is InChI=1S/C24H49NO10/c1-4-23(2)35-22-21-34-20-19-33-18-17-32-16-15-31-14-13-30-12-11-29-10-9-28-8-7-27-6-5-25-24(3)26/h23H,4-22H2,1-3H3,(H,25,26)/t23-/m1/s1. The van der Waals surface area contributed by atoms with E-state index >= 15 is 0 Å². The van der Waals surface area contributed by atoms with Crippen LogP contribution >= 0.6 is 0 Å². The first-order valence-electron chi connectivity index (χ1n) is 12.6. The molecule has 210 valence electrons. The number of nitrogens with one attached hydrogen (secondary N) is 1. The number of hydrogen-bond acceptors (Lipinski definition) is 10. The molecule has 0 aliphatic heterocycles. The largest absolute Gasteiger partial charge is 0.377 e. The third kappa shape index (κ3) is 31.1. The highest BCUT2D eigenvalue weighted by Gasteiger charge is 1.98. The van der Waals surface area contributed by atoms with E-state index in [0.29, 0.717) is 119 Å². The highest BCUT2D eigenvalue weighted by Crippen LogP contribution is 1.94. The van der Waals surface area contributed by atoms with Gasteiger partial charge in [-0.3, -0.25) is 4.79 Å². The molecule has 0 aliphatic carbocycles. The number of rotatable bonds is 29. The molecule has 0 heterocycles. The second kappa shape index (κ2) is 29.3. The third-order valence-electron chi connectivity index (χ3n) is 4.43. The first kappa shape index (κ1) is 34.1. The number of carbonyl (C=O) groups excluding carboxylic acids is 1. The summed E-state index contributed by atoms with van der Waals surface area (Å²) in [6.07, 6.45) is 1.30. The van der Waals surface area contributed by atoms with Gasteiger partial charge in [-0.1, -0.05) is 6.92 Å². The van der Waals surface area contributed by atoms with Gasteiger partial charge in [0.05, 0.1) is 118 Å². The lowest BCUT2D eigenvalue weighted by Crippen LogP contribution is -2.25. The zero-order valence-electron chi connectivity index (χ0n) is 22.1. The molecule has 0 aromatic carbocycles. The lowest BCUT2D eigenvalue weighted by atomic mass is 10.3. The van der Waals surface area contributed by atoms with Crippen molar-refractivity contribution in [2.24, 2.45) is 0 Å². The van der Waals surface area contributed by atoms with Gasteiger partial charge in [0.1, 0.15) is 0 Å². The second-order valence-corrected chi connectivity index (χ2v) is 7.47. The molecule has 0 fully saturated rings. The minimum absolute atomic E-state index is 0.0573. The van der Waals surface area contributed by atoms with Crippen molar-refractivity contribution in [2.75, 3.05) is 119 Å². The van der Waals surface area contributed by atoms with Gasteiger partial charge in [0.15, 0.2) is 0 Å². The van der Waals surface area contributed by atoms with Crippen LogP contribution in [0.25, 0.3) is 0 Å². The van der Waals surface area contributed by atoms with Crippen molar-refractivity contribution in [3.8, 4) is 0 Å². The number of carbonyl (C=O) groups is 1. The Balaban J connectivity index is 3.04. The van der Waals surface area contributed by atoms with E-state index in [1.54, 1.807) is 0 Å². The summed E-state index contributed by atoms with van der Waals surface area (Å²) in [6.45, 7) is 15.1. The van der Waals surface area contributed by atoms with E-state index in [2.05, 4.69) is 19.2 Å². The van der Waals surface area contributed by atoms with Crippen LogP contribution in [0.3, 0.4) is 0 Å². The Morgan fingerprint density at radius 3 is 1.11 bits per heavy atom. The van der Waals surface area contributed by atoms with E-state index in [9.17, 15) is 4.79 Å². The number of hydrogen-bond donors (Lipinski definition) is 1. The molecule has 0 bridgehead atoms. The van der Waals surface area contributed by atoms with E-state index in [0.717, 1.165) is 6.42 Å². The summed E-state index contributed by atoms with van der Waals surface area (Å²) in [7, 11) is 0. The maximum atomic E-state index is 10.7. The van der Waals surface area contributed by atoms with Gasteiger partial charge in [-0.15, -0.1) is 0 Å². The summed E-state index contributed by atoms with van der Waals surface area (Å²) in [5.74, 6) is -0.0573. The predicted octanol–water partition coefficient (Wildman–Crippen LogP) is 1.07. The molecule has 0 aromatic heterocycles. The quantitative estimate of drug-likeness (QED) is 0.146. The highest BCUT2D eigenvalue weighted by molar-refractivity contribution is 5.72. The molecule has 0 saturated carbocycles. The second-order valence-electron chi connectivity index (χ2n) is 7.47. The fourth-order valence-electron chi connectivity index (χ4n) is 2.37. The van der Waals surface area contributed by atoms with Crippen LogP contribution in [-0.2, 0) is 47.4 Å². The molecule has 0 aliphatic rings. The lowest BCUT2D eigenvalue weighted by molar-refractivity contribution is -0.119. The molecule has 0 spiro atoms. The fourth-order valence-corrected chi connectivity index (χ4v) is 2.37. The summed E-state index contributed by atoms with van der Waals surface area (Å²) < 4.78 is 48.8. The Morgan fingerprint density at radius 1 is 0.543 bits per heavy atom. The van der Waals surface area contributed by atoms with Crippen molar-refractivity contribution in [2.45, 2.75) is 33.3 Å². The molecule has 0 unspecified atom stereocenters. The zero-order chi connectivity index (χ0) is 25.7. The van der Waals surface area contributed by atoms with Crippen molar-refractivity contribution in [3.05, 3.63) is 0 Å². The molecule has 1 amide bonds. The molecule has 0 rings (SSSR count). The monoisotopic (exact) mass is 511 g/mol. The van der Waals surface area contributed by atoms with Crippen molar-refractivity contribution in [1.29, 1.82) is 0 Å². The molecule has 11 nitrogen and oxygen atoms in total. The lowest BCUT2D eigenvalue weighted by Gasteiger charge is -2.11. The van der Waals surface area contributed by atoms with Crippen LogP contribution in [-0.4, -0.2) is 131 Å². The maximum absolute atomic E-state index is 10.7. The number of ether oxygens (including phenoxy) is 9. The SMILES string of the molecule is CC[C@@H](C)OCCOCCOCCOCCOCCOCCOCCOCCOCCNC(C)=O. The predicted molar refractivity (Wildman–Crippen MR) is 131 cm³/mol. The molecule has 0 radical (unpaired) electrons. The van der Waals surface area contributed by atoms with Crippen LogP contribution in [0.1, 0.15) is 27.2 Å². The molecule has 35 heavy (non-hydrogen) atoms. The summed E-state index contributed by atoms with van der Waals surface area (Å²) >= 11 is 0. The van der Waals surface area contributed by atoms with Crippen LogP contribution < -0.4 is 5.32 Å². The molecule has 1 atom stereocenters. The minimum Gasteiger partial charge on any atom is -0.377 e. The summed E-state index contributed by atoms with van der Waals surface area (Å²) in [4.78, 5) is 10.7. The average molecular weight is 512 g/mol. The Kier molecular flexibility index (Phi) is 28.6.